The van der Waals surface area contributed by atoms with Crippen molar-refractivity contribution >= 4 is 6.16 Å². The molecule has 0 rings (SSSR count). The molecule has 13 heavy (non-hydrogen) atoms. The summed E-state index contributed by atoms with van der Waals surface area (Å²) in [6.07, 6.45) is -2.45. The Morgan fingerprint density at radius 1 is 1.38 bits per heavy atom. The standard InChI is InChI=1S/C6H14O3.CH2O3/c1-5(8)4-9-6(2)3-7;2-1(3)4/h5-8H,3-4H2,1-2H3;(H2,2,3,4). The van der Waals surface area contributed by atoms with Gasteiger partial charge in [0.1, 0.15) is 0 Å². The molecule has 0 aromatic carbocycles. The third kappa shape index (κ3) is 24.7. The summed E-state index contributed by atoms with van der Waals surface area (Å²) in [6.45, 7) is 3.70. The first-order valence-electron chi connectivity index (χ1n) is 3.72. The molecule has 6 nitrogen and oxygen atoms in total. The Balaban J connectivity index is 0. The maximum atomic E-state index is 8.69. The Morgan fingerprint density at radius 2 is 1.77 bits per heavy atom. The van der Waals surface area contributed by atoms with Crippen LogP contribution in [0.3, 0.4) is 0 Å². The SMILES string of the molecule is CC(O)COC(C)CO.O=C(O)O. The molecular weight excluding hydrogens is 180 g/mol. The van der Waals surface area contributed by atoms with Gasteiger partial charge in [0.25, 0.3) is 0 Å². The third-order valence-electron chi connectivity index (χ3n) is 0.879. The van der Waals surface area contributed by atoms with Gasteiger partial charge in [-0.3, -0.25) is 0 Å². The maximum Gasteiger partial charge on any atom is 0.503 e. The monoisotopic (exact) mass is 196 g/mol. The van der Waals surface area contributed by atoms with Crippen LogP contribution in [0.2, 0.25) is 0 Å². The Kier molecular flexibility index (Phi) is 10.4. The zero-order valence-corrected chi connectivity index (χ0v) is 7.67. The van der Waals surface area contributed by atoms with Crippen molar-refractivity contribution in [2.24, 2.45) is 0 Å². The lowest BCUT2D eigenvalue weighted by atomic mass is 10.4. The number of rotatable bonds is 4. The summed E-state index contributed by atoms with van der Waals surface area (Å²) < 4.78 is 4.95. The predicted octanol–water partition coefficient (Wildman–Crippen LogP) is -0.0130. The summed E-state index contributed by atoms with van der Waals surface area (Å²) in [5, 5.41) is 31.1. The summed E-state index contributed by atoms with van der Waals surface area (Å²) in [4.78, 5) is 8.56. The van der Waals surface area contributed by atoms with Gasteiger partial charge in [0.05, 0.1) is 25.4 Å². The normalized spacial score (nSPS) is 13.8. The molecular formula is C7H16O6. The molecule has 0 saturated heterocycles. The highest BCUT2D eigenvalue weighted by molar-refractivity contribution is 5.53. The highest BCUT2D eigenvalue weighted by Crippen LogP contribution is 1.90. The number of aliphatic hydroxyl groups is 2. The molecule has 0 aliphatic heterocycles. The van der Waals surface area contributed by atoms with E-state index in [1.165, 1.54) is 0 Å². The van der Waals surface area contributed by atoms with Crippen LogP contribution in [0.15, 0.2) is 0 Å². The largest absolute Gasteiger partial charge is 0.503 e. The van der Waals surface area contributed by atoms with E-state index < -0.39 is 12.3 Å². The van der Waals surface area contributed by atoms with E-state index in [2.05, 4.69) is 0 Å². The number of carbonyl (C=O) groups is 1. The Hall–Kier alpha value is -0.850. The van der Waals surface area contributed by atoms with Crippen molar-refractivity contribution in [1.82, 2.24) is 0 Å². The minimum atomic E-state index is -1.83. The molecule has 4 N–H and O–H groups in total. The molecule has 0 aromatic rings. The Morgan fingerprint density at radius 3 is 2.00 bits per heavy atom. The van der Waals surface area contributed by atoms with Gasteiger partial charge in [0.15, 0.2) is 0 Å². The topological polar surface area (TPSA) is 107 Å². The summed E-state index contributed by atoms with van der Waals surface area (Å²) in [6, 6.07) is 0. The fourth-order valence-corrected chi connectivity index (χ4v) is 0.356. The number of ether oxygens (including phenoxy) is 1. The summed E-state index contributed by atoms with van der Waals surface area (Å²) in [5.74, 6) is 0. The van der Waals surface area contributed by atoms with Crippen LogP contribution in [0.4, 0.5) is 4.79 Å². The molecule has 2 atom stereocenters. The van der Waals surface area contributed by atoms with E-state index in [-0.39, 0.29) is 12.7 Å². The molecule has 0 aliphatic rings. The van der Waals surface area contributed by atoms with Crippen molar-refractivity contribution in [3.63, 3.8) is 0 Å². The lowest BCUT2D eigenvalue weighted by Crippen LogP contribution is -2.19. The third-order valence-corrected chi connectivity index (χ3v) is 0.879. The van der Waals surface area contributed by atoms with Crippen molar-refractivity contribution in [1.29, 1.82) is 0 Å². The molecule has 0 bridgehead atoms. The van der Waals surface area contributed by atoms with E-state index >= 15 is 0 Å². The van der Waals surface area contributed by atoms with Gasteiger partial charge in [0.2, 0.25) is 0 Å². The molecule has 2 unspecified atom stereocenters. The van der Waals surface area contributed by atoms with Gasteiger partial charge in [-0.05, 0) is 13.8 Å². The van der Waals surface area contributed by atoms with Crippen molar-refractivity contribution in [3.8, 4) is 0 Å². The number of aliphatic hydroxyl groups excluding tert-OH is 2. The molecule has 0 radical (unpaired) electrons. The van der Waals surface area contributed by atoms with Gasteiger partial charge >= 0.3 is 6.16 Å². The first-order valence-corrected chi connectivity index (χ1v) is 3.72. The summed E-state index contributed by atoms with van der Waals surface area (Å²) >= 11 is 0. The maximum absolute atomic E-state index is 8.69. The fraction of sp³-hybridized carbons (Fsp3) is 0.857. The van der Waals surface area contributed by atoms with Crippen LogP contribution in [-0.4, -0.2) is 52.0 Å². The molecule has 6 heteroatoms. The Labute approximate surface area is 76.4 Å². The highest BCUT2D eigenvalue weighted by Gasteiger charge is 2.00. The molecule has 0 saturated carbocycles. The lowest BCUT2D eigenvalue weighted by molar-refractivity contribution is -0.0177. The van der Waals surface area contributed by atoms with Gasteiger partial charge in [-0.1, -0.05) is 0 Å². The second-order valence-electron chi connectivity index (χ2n) is 2.46. The van der Waals surface area contributed by atoms with E-state index in [0.29, 0.717) is 6.61 Å². The molecule has 0 fully saturated rings. The van der Waals surface area contributed by atoms with Gasteiger partial charge < -0.3 is 25.2 Å². The van der Waals surface area contributed by atoms with Crippen LogP contribution in [0.1, 0.15) is 13.8 Å². The van der Waals surface area contributed by atoms with Gasteiger partial charge in [-0.25, -0.2) is 4.79 Å². The van der Waals surface area contributed by atoms with E-state index in [0.717, 1.165) is 0 Å². The van der Waals surface area contributed by atoms with Crippen molar-refractivity contribution < 1.29 is 30.0 Å². The number of hydrogen-bond donors (Lipinski definition) is 4. The molecule has 0 spiro atoms. The average molecular weight is 196 g/mol. The minimum Gasteiger partial charge on any atom is -0.450 e. The molecule has 0 aromatic heterocycles. The number of carboxylic acid groups (broad SMARTS) is 2. The number of hydrogen-bond acceptors (Lipinski definition) is 4. The van der Waals surface area contributed by atoms with Crippen molar-refractivity contribution in [2.75, 3.05) is 13.2 Å². The van der Waals surface area contributed by atoms with Crippen molar-refractivity contribution in [3.05, 3.63) is 0 Å². The summed E-state index contributed by atoms with van der Waals surface area (Å²) in [7, 11) is 0. The average Bonchev–Trinajstić information content (AvgIpc) is 1.99. The Bertz CT molecular complexity index is 120. The minimum absolute atomic E-state index is 0.00667. The van der Waals surface area contributed by atoms with Crippen LogP contribution in [0.5, 0.6) is 0 Å². The van der Waals surface area contributed by atoms with E-state index in [9.17, 15) is 0 Å². The van der Waals surface area contributed by atoms with Gasteiger partial charge in [-0.15, -0.1) is 0 Å². The van der Waals surface area contributed by atoms with E-state index in [4.69, 9.17) is 30.0 Å². The molecule has 80 valence electrons. The zero-order valence-electron chi connectivity index (χ0n) is 7.67. The van der Waals surface area contributed by atoms with Crippen molar-refractivity contribution in [2.45, 2.75) is 26.1 Å². The highest BCUT2D eigenvalue weighted by atomic mass is 16.6. The fourth-order valence-electron chi connectivity index (χ4n) is 0.356. The predicted molar refractivity (Wildman–Crippen MR) is 44.8 cm³/mol. The molecule has 0 amide bonds. The van der Waals surface area contributed by atoms with Gasteiger partial charge in [-0.2, -0.15) is 0 Å². The lowest BCUT2D eigenvalue weighted by Gasteiger charge is -2.10. The first kappa shape index (κ1) is 14.7. The quantitative estimate of drug-likeness (QED) is 0.503. The van der Waals surface area contributed by atoms with Crippen LogP contribution >= 0.6 is 0 Å². The van der Waals surface area contributed by atoms with E-state index in [1.807, 2.05) is 0 Å². The van der Waals surface area contributed by atoms with Crippen LogP contribution in [0.25, 0.3) is 0 Å². The molecule has 0 aliphatic carbocycles. The second kappa shape index (κ2) is 9.24. The first-order chi connectivity index (χ1) is 5.90. The summed E-state index contributed by atoms with van der Waals surface area (Å²) in [5.41, 5.74) is 0. The van der Waals surface area contributed by atoms with Crippen LogP contribution in [-0.2, 0) is 4.74 Å². The molecule has 0 heterocycles. The van der Waals surface area contributed by atoms with Crippen LogP contribution < -0.4 is 0 Å². The van der Waals surface area contributed by atoms with Gasteiger partial charge in [0, 0.05) is 0 Å². The smallest absolute Gasteiger partial charge is 0.450 e. The second-order valence-corrected chi connectivity index (χ2v) is 2.46. The van der Waals surface area contributed by atoms with Crippen LogP contribution in [0, 0.1) is 0 Å². The van der Waals surface area contributed by atoms with E-state index in [1.54, 1.807) is 13.8 Å². The zero-order chi connectivity index (χ0) is 10.9.